The lowest BCUT2D eigenvalue weighted by Gasteiger charge is -2.13. The third-order valence-electron chi connectivity index (χ3n) is 2.15. The molecule has 0 aromatic heterocycles. The van der Waals surface area contributed by atoms with Crippen LogP contribution >= 0.6 is 15.9 Å². The van der Waals surface area contributed by atoms with Crippen LogP contribution in [0.1, 0.15) is 31.4 Å². The van der Waals surface area contributed by atoms with E-state index < -0.39 is 6.10 Å². The Morgan fingerprint density at radius 1 is 1.56 bits per heavy atom. The van der Waals surface area contributed by atoms with Gasteiger partial charge >= 0.3 is 0 Å². The van der Waals surface area contributed by atoms with Crippen molar-refractivity contribution in [2.75, 3.05) is 6.61 Å². The lowest BCUT2D eigenvalue weighted by atomic mass is 10.1. The molecule has 1 aromatic carbocycles. The molecule has 1 N–H and O–H groups in total. The number of rotatable bonds is 5. The van der Waals surface area contributed by atoms with E-state index in [0.717, 1.165) is 16.5 Å². The molecule has 0 heterocycles. The van der Waals surface area contributed by atoms with Gasteiger partial charge < -0.3 is 9.84 Å². The maximum absolute atomic E-state index is 9.57. The Morgan fingerprint density at radius 3 is 2.94 bits per heavy atom. The highest BCUT2D eigenvalue weighted by Crippen LogP contribution is 2.28. The first kappa shape index (κ1) is 13.1. The van der Waals surface area contributed by atoms with Gasteiger partial charge in [-0.15, -0.1) is 12.3 Å². The third kappa shape index (κ3) is 3.88. The number of hydrogen-bond donors (Lipinski definition) is 1. The minimum absolute atomic E-state index is 0.532. The summed E-state index contributed by atoms with van der Waals surface area (Å²) in [7, 11) is 0. The summed E-state index contributed by atoms with van der Waals surface area (Å²) in [6.45, 7) is 2.29. The van der Waals surface area contributed by atoms with Crippen LogP contribution in [-0.4, -0.2) is 11.7 Å². The van der Waals surface area contributed by atoms with Gasteiger partial charge in [0.2, 0.25) is 0 Å². The first-order valence-electron chi connectivity index (χ1n) is 5.19. The predicted octanol–water partition coefficient (Wildman–Crippen LogP) is 3.29. The third-order valence-corrected chi connectivity index (χ3v) is 2.64. The number of terminal acetylenes is 1. The minimum Gasteiger partial charge on any atom is -0.493 e. The van der Waals surface area contributed by atoms with Gasteiger partial charge in [-0.05, 0) is 25.5 Å². The standard InChI is InChI=1S/C13H15BrO2/c1-3-4-5-8-16-13-9-11(14)6-7-12(13)10(2)15/h1,6-7,9-10,15H,4-5,8H2,2H3/t10-/m0/s1. The molecule has 86 valence electrons. The highest BCUT2D eigenvalue weighted by atomic mass is 79.9. The molecular formula is C13H15BrO2. The van der Waals surface area contributed by atoms with Crippen LogP contribution in [-0.2, 0) is 0 Å². The van der Waals surface area contributed by atoms with Crippen LogP contribution < -0.4 is 4.74 Å². The second kappa shape index (κ2) is 6.57. The van der Waals surface area contributed by atoms with Gasteiger partial charge in [-0.25, -0.2) is 0 Å². The minimum atomic E-state index is -0.532. The van der Waals surface area contributed by atoms with E-state index in [2.05, 4.69) is 21.9 Å². The van der Waals surface area contributed by atoms with E-state index in [4.69, 9.17) is 11.2 Å². The van der Waals surface area contributed by atoms with E-state index in [9.17, 15) is 5.11 Å². The topological polar surface area (TPSA) is 29.5 Å². The van der Waals surface area contributed by atoms with Gasteiger partial charge in [-0.3, -0.25) is 0 Å². The molecule has 2 nitrogen and oxygen atoms in total. The SMILES string of the molecule is C#CCCCOc1cc(Br)ccc1[C@H](C)O. The molecule has 0 radical (unpaired) electrons. The molecule has 3 heteroatoms. The Balaban J connectivity index is 2.69. The Kier molecular flexibility index (Phi) is 5.37. The van der Waals surface area contributed by atoms with Gasteiger partial charge in [-0.2, -0.15) is 0 Å². The average Bonchev–Trinajstić information content (AvgIpc) is 2.24. The lowest BCUT2D eigenvalue weighted by Crippen LogP contribution is -2.02. The van der Waals surface area contributed by atoms with E-state index in [1.54, 1.807) is 6.92 Å². The molecule has 1 atom stereocenters. The van der Waals surface area contributed by atoms with Crippen molar-refractivity contribution in [3.63, 3.8) is 0 Å². The molecule has 0 aliphatic carbocycles. The summed E-state index contributed by atoms with van der Waals surface area (Å²) in [4.78, 5) is 0. The van der Waals surface area contributed by atoms with E-state index in [1.165, 1.54) is 0 Å². The molecule has 1 aromatic rings. The molecule has 16 heavy (non-hydrogen) atoms. The van der Waals surface area contributed by atoms with E-state index in [-0.39, 0.29) is 0 Å². The number of aliphatic hydroxyl groups excluding tert-OH is 1. The van der Waals surface area contributed by atoms with Gasteiger partial charge in [0, 0.05) is 16.5 Å². The van der Waals surface area contributed by atoms with Crippen LogP contribution in [0.25, 0.3) is 0 Å². The zero-order valence-electron chi connectivity index (χ0n) is 9.24. The zero-order chi connectivity index (χ0) is 12.0. The Hall–Kier alpha value is -0.980. The number of ether oxygens (including phenoxy) is 1. The first-order chi connectivity index (χ1) is 7.65. The van der Waals surface area contributed by atoms with Gasteiger partial charge in [0.15, 0.2) is 0 Å². The molecule has 1 rings (SSSR count). The summed E-state index contributed by atoms with van der Waals surface area (Å²) in [6.07, 6.45) is 6.15. The largest absolute Gasteiger partial charge is 0.493 e. The summed E-state index contributed by atoms with van der Waals surface area (Å²) >= 11 is 3.37. The van der Waals surface area contributed by atoms with Crippen molar-refractivity contribution < 1.29 is 9.84 Å². The zero-order valence-corrected chi connectivity index (χ0v) is 10.8. The highest BCUT2D eigenvalue weighted by Gasteiger charge is 2.09. The van der Waals surface area contributed by atoms with Crippen LogP contribution in [0, 0.1) is 12.3 Å². The lowest BCUT2D eigenvalue weighted by molar-refractivity contribution is 0.191. The number of benzene rings is 1. The molecule has 0 saturated carbocycles. The second-order valence-corrected chi connectivity index (χ2v) is 4.43. The molecule has 0 bridgehead atoms. The summed E-state index contributed by atoms with van der Waals surface area (Å²) in [5.41, 5.74) is 0.795. The van der Waals surface area contributed by atoms with E-state index >= 15 is 0 Å². The molecule has 0 aliphatic heterocycles. The summed E-state index contributed by atoms with van der Waals surface area (Å²) < 4.78 is 6.53. The van der Waals surface area contributed by atoms with Crippen molar-refractivity contribution in [1.29, 1.82) is 0 Å². The maximum atomic E-state index is 9.57. The summed E-state index contributed by atoms with van der Waals surface area (Å²) in [5.74, 6) is 3.27. The van der Waals surface area contributed by atoms with Crippen molar-refractivity contribution in [3.8, 4) is 18.1 Å². The molecule has 0 aliphatic rings. The fourth-order valence-corrected chi connectivity index (χ4v) is 1.67. The van der Waals surface area contributed by atoms with Crippen molar-refractivity contribution in [1.82, 2.24) is 0 Å². The Labute approximate surface area is 105 Å². The summed E-state index contributed by atoms with van der Waals surface area (Å²) in [6, 6.07) is 5.60. The van der Waals surface area contributed by atoms with Crippen LogP contribution in [0.5, 0.6) is 5.75 Å². The monoisotopic (exact) mass is 282 g/mol. The van der Waals surface area contributed by atoms with Crippen LogP contribution in [0.15, 0.2) is 22.7 Å². The molecule has 0 fully saturated rings. The highest BCUT2D eigenvalue weighted by molar-refractivity contribution is 9.10. The molecule has 0 spiro atoms. The fraction of sp³-hybridized carbons (Fsp3) is 0.385. The molecule has 0 amide bonds. The van der Waals surface area contributed by atoms with Crippen LogP contribution in [0.2, 0.25) is 0 Å². The van der Waals surface area contributed by atoms with Gasteiger partial charge in [0.25, 0.3) is 0 Å². The Bertz CT molecular complexity index is 380. The Morgan fingerprint density at radius 2 is 2.31 bits per heavy atom. The summed E-state index contributed by atoms with van der Waals surface area (Å²) in [5, 5.41) is 9.57. The maximum Gasteiger partial charge on any atom is 0.126 e. The average molecular weight is 283 g/mol. The van der Waals surface area contributed by atoms with Crippen LogP contribution in [0.3, 0.4) is 0 Å². The van der Waals surface area contributed by atoms with E-state index in [1.807, 2.05) is 18.2 Å². The molecular weight excluding hydrogens is 268 g/mol. The van der Waals surface area contributed by atoms with Crippen molar-refractivity contribution in [3.05, 3.63) is 28.2 Å². The number of aliphatic hydroxyl groups is 1. The molecule has 0 unspecified atom stereocenters. The van der Waals surface area contributed by atoms with Gasteiger partial charge in [0.1, 0.15) is 5.75 Å². The fourth-order valence-electron chi connectivity index (χ4n) is 1.33. The second-order valence-electron chi connectivity index (χ2n) is 3.51. The number of halogens is 1. The quantitative estimate of drug-likeness (QED) is 0.663. The number of unbranched alkanes of at least 4 members (excludes halogenated alkanes) is 1. The van der Waals surface area contributed by atoms with Crippen molar-refractivity contribution >= 4 is 15.9 Å². The van der Waals surface area contributed by atoms with Crippen molar-refractivity contribution in [2.45, 2.75) is 25.9 Å². The van der Waals surface area contributed by atoms with E-state index in [0.29, 0.717) is 18.8 Å². The smallest absolute Gasteiger partial charge is 0.126 e. The van der Waals surface area contributed by atoms with Crippen LogP contribution in [0.4, 0.5) is 0 Å². The van der Waals surface area contributed by atoms with Gasteiger partial charge in [-0.1, -0.05) is 22.0 Å². The molecule has 0 saturated heterocycles. The predicted molar refractivity (Wildman–Crippen MR) is 68.3 cm³/mol. The normalized spacial score (nSPS) is 11.9. The van der Waals surface area contributed by atoms with Crippen molar-refractivity contribution in [2.24, 2.45) is 0 Å². The number of hydrogen-bond acceptors (Lipinski definition) is 2. The van der Waals surface area contributed by atoms with Gasteiger partial charge in [0.05, 0.1) is 12.7 Å². The first-order valence-corrected chi connectivity index (χ1v) is 5.98.